The maximum absolute atomic E-state index is 12.4. The van der Waals surface area contributed by atoms with Crippen molar-refractivity contribution < 1.29 is 14.3 Å². The summed E-state index contributed by atoms with van der Waals surface area (Å²) in [5.74, 6) is -0.601. The van der Waals surface area contributed by atoms with Gasteiger partial charge < -0.3 is 9.64 Å². The van der Waals surface area contributed by atoms with Crippen LogP contribution in [0.15, 0.2) is 41.8 Å². The van der Waals surface area contributed by atoms with E-state index in [0.29, 0.717) is 18.7 Å². The molecule has 2 heterocycles. The lowest BCUT2D eigenvalue weighted by Gasteiger charge is -2.29. The van der Waals surface area contributed by atoms with Crippen molar-refractivity contribution in [3.8, 4) is 0 Å². The van der Waals surface area contributed by atoms with Crippen LogP contribution in [0.3, 0.4) is 0 Å². The fourth-order valence-corrected chi connectivity index (χ4v) is 3.44. The number of fused-ring (bicyclic) bond motifs is 1. The lowest BCUT2D eigenvalue weighted by atomic mass is 10.1. The van der Waals surface area contributed by atoms with Crippen LogP contribution in [0.1, 0.15) is 27.7 Å². The van der Waals surface area contributed by atoms with Gasteiger partial charge >= 0.3 is 5.97 Å². The second-order valence-corrected chi connectivity index (χ2v) is 6.29. The molecule has 4 nitrogen and oxygen atoms in total. The van der Waals surface area contributed by atoms with Gasteiger partial charge in [0, 0.05) is 18.0 Å². The van der Waals surface area contributed by atoms with Crippen LogP contribution in [-0.2, 0) is 22.5 Å². The number of carbonyl (C=O) groups is 2. The molecule has 0 fully saturated rings. The van der Waals surface area contributed by atoms with E-state index in [2.05, 4.69) is 11.4 Å². The molecule has 22 heavy (non-hydrogen) atoms. The largest absolute Gasteiger partial charge is 0.449 e. The number of thiophene rings is 1. The molecule has 1 unspecified atom stereocenters. The predicted octanol–water partition coefficient (Wildman–Crippen LogP) is 2.88. The van der Waals surface area contributed by atoms with Gasteiger partial charge in [-0.2, -0.15) is 0 Å². The minimum absolute atomic E-state index is 0.138. The van der Waals surface area contributed by atoms with E-state index in [1.807, 2.05) is 6.07 Å². The van der Waals surface area contributed by atoms with Crippen LogP contribution in [0, 0.1) is 0 Å². The van der Waals surface area contributed by atoms with Crippen molar-refractivity contribution in [1.82, 2.24) is 4.90 Å². The highest BCUT2D eigenvalue weighted by molar-refractivity contribution is 7.10. The van der Waals surface area contributed by atoms with Crippen LogP contribution in [-0.4, -0.2) is 29.4 Å². The molecule has 1 amide bonds. The van der Waals surface area contributed by atoms with Gasteiger partial charge in [-0.25, -0.2) is 4.79 Å². The van der Waals surface area contributed by atoms with E-state index in [-0.39, 0.29) is 5.91 Å². The monoisotopic (exact) mass is 315 g/mol. The predicted molar refractivity (Wildman–Crippen MR) is 84.8 cm³/mol. The van der Waals surface area contributed by atoms with Gasteiger partial charge in [-0.05, 0) is 42.5 Å². The van der Waals surface area contributed by atoms with Gasteiger partial charge in [-0.15, -0.1) is 11.3 Å². The first-order chi connectivity index (χ1) is 10.6. The Morgan fingerprint density at radius 3 is 2.77 bits per heavy atom. The van der Waals surface area contributed by atoms with Crippen molar-refractivity contribution in [2.24, 2.45) is 0 Å². The molecule has 1 aromatic heterocycles. The number of hydrogen-bond donors (Lipinski definition) is 0. The second-order valence-electron chi connectivity index (χ2n) is 5.29. The summed E-state index contributed by atoms with van der Waals surface area (Å²) in [6.45, 7) is 2.91. The van der Waals surface area contributed by atoms with E-state index in [4.69, 9.17) is 4.74 Å². The zero-order valence-electron chi connectivity index (χ0n) is 12.3. The van der Waals surface area contributed by atoms with Crippen LogP contribution < -0.4 is 0 Å². The number of rotatable bonds is 3. The van der Waals surface area contributed by atoms with E-state index in [1.54, 1.807) is 47.4 Å². The van der Waals surface area contributed by atoms with Gasteiger partial charge in [-0.1, -0.05) is 18.2 Å². The third-order valence-corrected chi connectivity index (χ3v) is 4.78. The van der Waals surface area contributed by atoms with E-state index < -0.39 is 12.1 Å². The number of hydrogen-bond acceptors (Lipinski definition) is 4. The van der Waals surface area contributed by atoms with Gasteiger partial charge in [0.15, 0.2) is 6.10 Å². The minimum atomic E-state index is -0.770. The Morgan fingerprint density at radius 2 is 2.00 bits per heavy atom. The summed E-state index contributed by atoms with van der Waals surface area (Å²) in [5.41, 5.74) is 1.66. The molecular weight excluding hydrogens is 298 g/mol. The molecule has 0 radical (unpaired) electrons. The van der Waals surface area contributed by atoms with Gasteiger partial charge in [0.25, 0.3) is 5.91 Å². The number of amides is 1. The van der Waals surface area contributed by atoms with Crippen LogP contribution in [0.2, 0.25) is 0 Å². The topological polar surface area (TPSA) is 46.6 Å². The molecule has 2 aromatic rings. The first-order valence-electron chi connectivity index (χ1n) is 7.25. The zero-order valence-corrected chi connectivity index (χ0v) is 13.1. The highest BCUT2D eigenvalue weighted by atomic mass is 32.1. The summed E-state index contributed by atoms with van der Waals surface area (Å²) < 4.78 is 5.29. The van der Waals surface area contributed by atoms with Crippen LogP contribution in [0.5, 0.6) is 0 Å². The molecule has 1 aromatic carbocycles. The van der Waals surface area contributed by atoms with Crippen molar-refractivity contribution in [3.63, 3.8) is 0 Å². The minimum Gasteiger partial charge on any atom is -0.449 e. The summed E-state index contributed by atoms with van der Waals surface area (Å²) in [6, 6.07) is 10.8. The fraction of sp³-hybridized carbons (Fsp3) is 0.294. The smallest absolute Gasteiger partial charge is 0.338 e. The number of ether oxygens (including phenoxy) is 1. The van der Waals surface area contributed by atoms with Crippen molar-refractivity contribution >= 4 is 23.2 Å². The van der Waals surface area contributed by atoms with E-state index in [9.17, 15) is 9.59 Å². The molecule has 0 saturated heterocycles. The third-order valence-electron chi connectivity index (χ3n) is 3.76. The van der Waals surface area contributed by atoms with Crippen molar-refractivity contribution in [1.29, 1.82) is 0 Å². The fourth-order valence-electron chi connectivity index (χ4n) is 2.55. The maximum Gasteiger partial charge on any atom is 0.338 e. The number of esters is 1. The number of benzene rings is 1. The van der Waals surface area contributed by atoms with Gasteiger partial charge in [-0.3, -0.25) is 4.79 Å². The van der Waals surface area contributed by atoms with E-state index in [1.165, 1.54) is 10.4 Å². The van der Waals surface area contributed by atoms with Crippen molar-refractivity contribution in [2.75, 3.05) is 6.54 Å². The zero-order chi connectivity index (χ0) is 15.5. The molecule has 0 spiro atoms. The summed E-state index contributed by atoms with van der Waals surface area (Å²) in [4.78, 5) is 27.6. The van der Waals surface area contributed by atoms with Crippen LogP contribution in [0.25, 0.3) is 0 Å². The van der Waals surface area contributed by atoms with Gasteiger partial charge in [0.1, 0.15) is 0 Å². The first-order valence-corrected chi connectivity index (χ1v) is 8.13. The Kier molecular flexibility index (Phi) is 4.24. The Labute approximate surface area is 133 Å². The van der Waals surface area contributed by atoms with Crippen LogP contribution in [0.4, 0.5) is 0 Å². The first kappa shape index (κ1) is 14.8. The molecule has 3 rings (SSSR count). The maximum atomic E-state index is 12.4. The van der Waals surface area contributed by atoms with Gasteiger partial charge in [0.05, 0.1) is 5.56 Å². The lowest BCUT2D eigenvalue weighted by Crippen LogP contribution is -2.42. The third kappa shape index (κ3) is 3.04. The SMILES string of the molecule is CC(OC(=O)c1ccccc1)C(=O)N1CCc2sccc2C1. The summed E-state index contributed by atoms with van der Waals surface area (Å²) in [6.07, 6.45) is 0.103. The Hall–Kier alpha value is -2.14. The molecule has 114 valence electrons. The molecule has 0 N–H and O–H groups in total. The molecule has 1 aliphatic rings. The highest BCUT2D eigenvalue weighted by Crippen LogP contribution is 2.24. The molecule has 0 aliphatic carbocycles. The molecule has 0 saturated carbocycles. The average Bonchev–Trinajstić information content (AvgIpc) is 3.02. The van der Waals surface area contributed by atoms with Crippen molar-refractivity contribution in [3.05, 3.63) is 57.8 Å². The Balaban J connectivity index is 1.62. The normalized spacial score (nSPS) is 15.0. The molecule has 5 heteroatoms. The Bertz CT molecular complexity index is 680. The molecular formula is C17H17NO3S. The van der Waals surface area contributed by atoms with E-state index >= 15 is 0 Å². The lowest BCUT2D eigenvalue weighted by molar-refractivity contribution is -0.140. The molecule has 0 bridgehead atoms. The molecule has 1 atom stereocenters. The number of carbonyl (C=O) groups excluding carboxylic acids is 2. The summed E-state index contributed by atoms with van der Waals surface area (Å²) >= 11 is 1.73. The van der Waals surface area contributed by atoms with Crippen LogP contribution >= 0.6 is 11.3 Å². The standard InChI is InChI=1S/C17H17NO3S/c1-12(21-17(20)13-5-3-2-4-6-13)16(19)18-9-7-15-14(11-18)8-10-22-15/h2-6,8,10,12H,7,9,11H2,1H3. The molecule has 1 aliphatic heterocycles. The van der Waals surface area contributed by atoms with Crippen molar-refractivity contribution in [2.45, 2.75) is 26.0 Å². The van der Waals surface area contributed by atoms with Gasteiger partial charge in [0.2, 0.25) is 0 Å². The average molecular weight is 315 g/mol. The summed E-state index contributed by atoms with van der Waals surface area (Å²) in [5, 5.41) is 2.05. The summed E-state index contributed by atoms with van der Waals surface area (Å²) in [7, 11) is 0. The number of nitrogens with zero attached hydrogens (tertiary/aromatic N) is 1. The quantitative estimate of drug-likeness (QED) is 0.818. The second kappa shape index (κ2) is 6.32. The van der Waals surface area contributed by atoms with E-state index in [0.717, 1.165) is 6.42 Å². The Morgan fingerprint density at radius 1 is 1.23 bits per heavy atom. The highest BCUT2D eigenvalue weighted by Gasteiger charge is 2.27.